The van der Waals surface area contributed by atoms with Crippen molar-refractivity contribution in [3.8, 4) is 6.07 Å². The summed E-state index contributed by atoms with van der Waals surface area (Å²) >= 11 is 0. The van der Waals surface area contributed by atoms with Gasteiger partial charge in [0.15, 0.2) is 0 Å². The minimum Gasteiger partial charge on any atom is -0.393 e. The van der Waals surface area contributed by atoms with Crippen molar-refractivity contribution in [3.63, 3.8) is 0 Å². The Morgan fingerprint density at radius 2 is 2.04 bits per heavy atom. The van der Waals surface area contributed by atoms with Crippen molar-refractivity contribution >= 4 is 11.7 Å². The third-order valence-corrected chi connectivity index (χ3v) is 6.44. The molecule has 1 atom stereocenters. The number of hydrogen-bond donors (Lipinski definition) is 1. The summed E-state index contributed by atoms with van der Waals surface area (Å²) in [5.74, 6) is 0.985. The fourth-order valence-corrected chi connectivity index (χ4v) is 4.99. The maximum Gasteiger partial charge on any atom is 0.230 e. The Morgan fingerprint density at radius 3 is 2.81 bits per heavy atom. The first-order chi connectivity index (χ1) is 12.6. The Labute approximate surface area is 154 Å². The van der Waals surface area contributed by atoms with Gasteiger partial charge in [0.05, 0.1) is 17.1 Å². The molecule has 0 bridgehead atoms. The summed E-state index contributed by atoms with van der Waals surface area (Å²) < 4.78 is 0. The first-order valence-electron chi connectivity index (χ1n) is 9.72. The molecule has 1 N–H and O–H groups in total. The van der Waals surface area contributed by atoms with E-state index in [0.717, 1.165) is 58.0 Å². The van der Waals surface area contributed by atoms with Crippen LogP contribution in [0.15, 0.2) is 18.3 Å². The van der Waals surface area contributed by atoms with Crippen LogP contribution in [-0.4, -0.2) is 52.7 Å². The van der Waals surface area contributed by atoms with E-state index in [1.54, 1.807) is 18.3 Å². The van der Waals surface area contributed by atoms with Crippen molar-refractivity contribution < 1.29 is 9.90 Å². The number of carbonyl (C=O) groups is 1. The van der Waals surface area contributed by atoms with Gasteiger partial charge in [-0.05, 0) is 57.1 Å². The highest BCUT2D eigenvalue weighted by Crippen LogP contribution is 2.43. The number of amides is 1. The molecule has 26 heavy (non-hydrogen) atoms. The van der Waals surface area contributed by atoms with Gasteiger partial charge in [-0.1, -0.05) is 0 Å². The van der Waals surface area contributed by atoms with Gasteiger partial charge < -0.3 is 14.9 Å². The molecule has 1 unspecified atom stereocenters. The normalized spacial score (nSPS) is 32.1. The molecule has 138 valence electrons. The Kier molecular flexibility index (Phi) is 4.58. The second-order valence-corrected chi connectivity index (χ2v) is 8.00. The number of aromatic nitrogens is 1. The number of hydrogen-bond acceptors (Lipinski definition) is 5. The van der Waals surface area contributed by atoms with Crippen LogP contribution in [-0.2, 0) is 4.79 Å². The Hall–Kier alpha value is -2.13. The molecule has 6 heteroatoms. The van der Waals surface area contributed by atoms with Gasteiger partial charge in [-0.15, -0.1) is 0 Å². The van der Waals surface area contributed by atoms with Crippen LogP contribution in [0.5, 0.6) is 0 Å². The van der Waals surface area contributed by atoms with E-state index in [1.807, 2.05) is 0 Å². The lowest BCUT2D eigenvalue weighted by Crippen LogP contribution is -2.50. The Morgan fingerprint density at radius 1 is 1.23 bits per heavy atom. The van der Waals surface area contributed by atoms with Crippen LogP contribution in [0.1, 0.15) is 50.5 Å². The van der Waals surface area contributed by atoms with E-state index >= 15 is 0 Å². The molecular formula is C20H26N4O2. The summed E-state index contributed by atoms with van der Waals surface area (Å²) in [5, 5.41) is 19.1. The highest BCUT2D eigenvalue weighted by atomic mass is 16.3. The SMILES string of the molecule is N#Cc1cccnc1N1CCCC2(CCN([C@H]3CC[C@H](O)CC3)C2=O)C1. The third kappa shape index (κ3) is 2.95. The lowest BCUT2D eigenvalue weighted by atomic mass is 9.78. The van der Waals surface area contributed by atoms with Gasteiger partial charge in [-0.2, -0.15) is 5.26 Å². The third-order valence-electron chi connectivity index (χ3n) is 6.44. The van der Waals surface area contributed by atoms with Crippen LogP contribution >= 0.6 is 0 Å². The number of aliphatic hydroxyl groups excluding tert-OH is 1. The summed E-state index contributed by atoms with van der Waals surface area (Å²) in [6.45, 7) is 2.32. The van der Waals surface area contributed by atoms with E-state index in [9.17, 15) is 15.2 Å². The molecular weight excluding hydrogens is 328 g/mol. The zero-order valence-electron chi connectivity index (χ0n) is 15.1. The summed E-state index contributed by atoms with van der Waals surface area (Å²) in [7, 11) is 0. The minimum absolute atomic E-state index is 0.198. The predicted molar refractivity (Wildman–Crippen MR) is 97.4 cm³/mol. The second kappa shape index (κ2) is 6.88. The molecule has 3 heterocycles. The zero-order chi connectivity index (χ0) is 18.1. The Bertz CT molecular complexity index is 723. The molecule has 1 aromatic rings. The molecule has 0 aromatic carbocycles. The van der Waals surface area contributed by atoms with Crippen LogP contribution in [0.3, 0.4) is 0 Å². The number of nitriles is 1. The fraction of sp³-hybridized carbons (Fsp3) is 0.650. The molecule has 1 spiro atoms. The molecule has 1 saturated carbocycles. The van der Waals surface area contributed by atoms with E-state index in [2.05, 4.69) is 20.9 Å². The van der Waals surface area contributed by atoms with Crippen LogP contribution in [0, 0.1) is 16.7 Å². The lowest BCUT2D eigenvalue weighted by molar-refractivity contribution is -0.139. The van der Waals surface area contributed by atoms with E-state index < -0.39 is 0 Å². The average molecular weight is 354 g/mol. The molecule has 1 aromatic heterocycles. The molecule has 4 rings (SSSR count). The van der Waals surface area contributed by atoms with Gasteiger partial charge in [-0.3, -0.25) is 4.79 Å². The van der Waals surface area contributed by atoms with Crippen molar-refractivity contribution in [2.75, 3.05) is 24.5 Å². The van der Waals surface area contributed by atoms with Gasteiger partial charge >= 0.3 is 0 Å². The van der Waals surface area contributed by atoms with E-state index in [4.69, 9.17) is 0 Å². The van der Waals surface area contributed by atoms with Gasteiger partial charge in [0.25, 0.3) is 0 Å². The summed E-state index contributed by atoms with van der Waals surface area (Å²) in [6, 6.07) is 6.08. The van der Waals surface area contributed by atoms with Gasteiger partial charge in [0, 0.05) is 31.9 Å². The first kappa shape index (κ1) is 17.3. The van der Waals surface area contributed by atoms with Crippen molar-refractivity contribution in [2.24, 2.45) is 5.41 Å². The topological polar surface area (TPSA) is 80.5 Å². The monoisotopic (exact) mass is 354 g/mol. The maximum atomic E-state index is 13.3. The van der Waals surface area contributed by atoms with E-state index in [-0.39, 0.29) is 23.5 Å². The number of piperidine rings is 1. The largest absolute Gasteiger partial charge is 0.393 e. The number of nitrogens with zero attached hydrogens (tertiary/aromatic N) is 4. The van der Waals surface area contributed by atoms with Crippen LogP contribution in [0.4, 0.5) is 5.82 Å². The number of likely N-dealkylation sites (tertiary alicyclic amines) is 1. The van der Waals surface area contributed by atoms with Crippen molar-refractivity contribution in [1.82, 2.24) is 9.88 Å². The van der Waals surface area contributed by atoms with Crippen molar-refractivity contribution in [1.29, 1.82) is 5.26 Å². The quantitative estimate of drug-likeness (QED) is 0.879. The molecule has 2 saturated heterocycles. The zero-order valence-corrected chi connectivity index (χ0v) is 15.1. The molecule has 6 nitrogen and oxygen atoms in total. The van der Waals surface area contributed by atoms with Crippen LogP contribution in [0.25, 0.3) is 0 Å². The van der Waals surface area contributed by atoms with Gasteiger partial charge in [-0.25, -0.2) is 4.98 Å². The average Bonchev–Trinajstić information content (AvgIpc) is 2.98. The number of rotatable bonds is 2. The predicted octanol–water partition coefficient (Wildman–Crippen LogP) is 2.08. The molecule has 3 fully saturated rings. The number of anilines is 1. The van der Waals surface area contributed by atoms with Crippen molar-refractivity contribution in [2.45, 2.75) is 57.1 Å². The molecule has 1 amide bonds. The maximum absolute atomic E-state index is 13.3. The Balaban J connectivity index is 1.52. The summed E-state index contributed by atoms with van der Waals surface area (Å²) in [5.41, 5.74) is 0.242. The lowest BCUT2D eigenvalue weighted by Gasteiger charge is -2.41. The number of aliphatic hydroxyl groups is 1. The second-order valence-electron chi connectivity index (χ2n) is 8.00. The van der Waals surface area contributed by atoms with Crippen molar-refractivity contribution in [3.05, 3.63) is 23.9 Å². The molecule has 3 aliphatic rings. The van der Waals surface area contributed by atoms with E-state index in [0.29, 0.717) is 17.9 Å². The van der Waals surface area contributed by atoms with Gasteiger partial charge in [0.1, 0.15) is 11.9 Å². The van der Waals surface area contributed by atoms with E-state index in [1.165, 1.54) is 0 Å². The highest BCUT2D eigenvalue weighted by molar-refractivity contribution is 5.86. The molecule has 0 radical (unpaired) electrons. The number of pyridine rings is 1. The van der Waals surface area contributed by atoms with Gasteiger partial charge in [0.2, 0.25) is 5.91 Å². The summed E-state index contributed by atoms with van der Waals surface area (Å²) in [6.07, 6.45) is 7.69. The fourth-order valence-electron chi connectivity index (χ4n) is 4.99. The van der Waals surface area contributed by atoms with Crippen LogP contribution < -0.4 is 4.90 Å². The number of carbonyl (C=O) groups excluding carboxylic acids is 1. The highest BCUT2D eigenvalue weighted by Gasteiger charge is 2.50. The first-order valence-corrected chi connectivity index (χ1v) is 9.72. The molecule has 1 aliphatic carbocycles. The molecule has 2 aliphatic heterocycles. The standard InChI is InChI=1S/C20H26N4O2/c21-13-15-3-1-10-22-18(15)23-11-2-8-20(14-23)9-12-24(19(20)26)16-4-6-17(25)7-5-16/h1,3,10,16-17,25H,2,4-9,11-12,14H2/t16-,17-,20?. The van der Waals surface area contributed by atoms with Crippen LogP contribution in [0.2, 0.25) is 0 Å². The smallest absolute Gasteiger partial charge is 0.230 e. The minimum atomic E-state index is -0.335. The summed E-state index contributed by atoms with van der Waals surface area (Å²) in [4.78, 5) is 22.0.